The minimum atomic E-state index is -0.359. The van der Waals surface area contributed by atoms with E-state index in [4.69, 9.17) is 4.42 Å². The quantitative estimate of drug-likeness (QED) is 0.866. The molecule has 0 saturated carbocycles. The molecule has 1 aromatic heterocycles. The maximum absolute atomic E-state index is 12.3. The van der Waals surface area contributed by atoms with E-state index < -0.39 is 0 Å². The first-order valence-corrected chi connectivity index (χ1v) is 7.66. The zero-order valence-electron chi connectivity index (χ0n) is 13.2. The van der Waals surface area contributed by atoms with Gasteiger partial charge in [-0.15, -0.1) is 0 Å². The van der Waals surface area contributed by atoms with Crippen LogP contribution in [-0.2, 0) is 16.0 Å². The molecule has 0 saturated heterocycles. The summed E-state index contributed by atoms with van der Waals surface area (Å²) in [6.45, 7) is 1.81. The fourth-order valence-corrected chi connectivity index (χ4v) is 2.40. The number of hydrogen-bond donors (Lipinski definition) is 2. The van der Waals surface area contributed by atoms with Crippen LogP contribution < -0.4 is 15.8 Å². The molecule has 1 atom stereocenters. The molecule has 2 amide bonds. The normalized spacial score (nSPS) is 15.5. The van der Waals surface area contributed by atoms with Crippen LogP contribution in [0.1, 0.15) is 12.7 Å². The van der Waals surface area contributed by atoms with Crippen molar-refractivity contribution in [1.82, 2.24) is 10.7 Å². The highest BCUT2D eigenvalue weighted by molar-refractivity contribution is 6.39. The molecule has 124 valence electrons. The van der Waals surface area contributed by atoms with Gasteiger partial charge in [-0.1, -0.05) is 18.2 Å². The second-order valence-electron chi connectivity index (χ2n) is 5.50. The van der Waals surface area contributed by atoms with Crippen molar-refractivity contribution in [3.63, 3.8) is 0 Å². The summed E-state index contributed by atoms with van der Waals surface area (Å²) in [5.41, 5.74) is 3.44. The molecule has 0 spiro atoms. The number of nitrogens with one attached hydrogen (secondary N) is 2. The number of para-hydroxylation sites is 1. The van der Waals surface area contributed by atoms with Crippen LogP contribution >= 0.6 is 0 Å². The van der Waals surface area contributed by atoms with Crippen molar-refractivity contribution in [1.29, 1.82) is 0 Å². The summed E-state index contributed by atoms with van der Waals surface area (Å²) in [5.74, 6) is 0.330. The van der Waals surface area contributed by atoms with Gasteiger partial charge in [-0.3, -0.25) is 20.0 Å². The molecule has 0 radical (unpaired) electrons. The van der Waals surface area contributed by atoms with Crippen LogP contribution in [0.2, 0.25) is 0 Å². The zero-order chi connectivity index (χ0) is 16.9. The summed E-state index contributed by atoms with van der Waals surface area (Å²) >= 11 is 0. The van der Waals surface area contributed by atoms with Crippen LogP contribution in [0.5, 0.6) is 0 Å². The van der Waals surface area contributed by atoms with Crippen LogP contribution in [0, 0.1) is 0 Å². The minimum absolute atomic E-state index is 0.0722. The maximum Gasteiger partial charge on any atom is 0.288 e. The number of aliphatic imine (C=N–C) groups is 1. The molecule has 2 heterocycles. The van der Waals surface area contributed by atoms with Crippen molar-refractivity contribution in [2.45, 2.75) is 19.4 Å². The van der Waals surface area contributed by atoms with Crippen molar-refractivity contribution in [3.05, 3.63) is 54.5 Å². The predicted octanol–water partition coefficient (Wildman–Crippen LogP) is 1.28. The first-order valence-electron chi connectivity index (χ1n) is 7.66. The zero-order valence-corrected chi connectivity index (χ0v) is 13.2. The standard InChI is InChI=1S/C17H18N4O3/c1-12(10-14-8-5-9-24-14)19-17(23)16-18-11-15(22)21(20-16)13-6-3-2-4-7-13/h2-9,12H,10-11H2,1H3,(H,18,20)(H,19,23). The monoisotopic (exact) mass is 326 g/mol. The molecule has 1 aromatic carbocycles. The lowest BCUT2D eigenvalue weighted by atomic mass is 10.2. The van der Waals surface area contributed by atoms with E-state index in [0.29, 0.717) is 12.1 Å². The second kappa shape index (κ2) is 6.99. The molecule has 1 unspecified atom stereocenters. The van der Waals surface area contributed by atoms with Crippen molar-refractivity contribution in [2.75, 3.05) is 11.6 Å². The molecule has 24 heavy (non-hydrogen) atoms. The first-order chi connectivity index (χ1) is 11.6. The van der Waals surface area contributed by atoms with Crippen molar-refractivity contribution in [2.24, 2.45) is 4.99 Å². The van der Waals surface area contributed by atoms with Gasteiger partial charge >= 0.3 is 0 Å². The van der Waals surface area contributed by atoms with Crippen molar-refractivity contribution < 1.29 is 14.0 Å². The predicted molar refractivity (Wildman–Crippen MR) is 89.4 cm³/mol. The fourth-order valence-electron chi connectivity index (χ4n) is 2.40. The largest absolute Gasteiger partial charge is 0.469 e. The van der Waals surface area contributed by atoms with Gasteiger partial charge in [0.15, 0.2) is 0 Å². The van der Waals surface area contributed by atoms with Gasteiger partial charge < -0.3 is 9.73 Å². The van der Waals surface area contributed by atoms with Gasteiger partial charge in [-0.25, -0.2) is 5.01 Å². The van der Waals surface area contributed by atoms with Gasteiger partial charge in [0, 0.05) is 12.5 Å². The van der Waals surface area contributed by atoms with E-state index >= 15 is 0 Å². The average Bonchev–Trinajstić information content (AvgIpc) is 3.08. The van der Waals surface area contributed by atoms with Crippen LogP contribution in [0.15, 0.2) is 58.1 Å². The molecule has 0 fully saturated rings. The highest BCUT2D eigenvalue weighted by Gasteiger charge is 2.26. The summed E-state index contributed by atoms with van der Waals surface area (Å²) in [5, 5.41) is 4.18. The number of amides is 2. The third-order valence-corrected chi connectivity index (χ3v) is 3.53. The Morgan fingerprint density at radius 1 is 1.33 bits per heavy atom. The number of anilines is 1. The van der Waals surface area contributed by atoms with E-state index in [1.54, 1.807) is 24.5 Å². The Morgan fingerprint density at radius 3 is 2.83 bits per heavy atom. The number of hydrogen-bond acceptors (Lipinski definition) is 5. The van der Waals surface area contributed by atoms with Gasteiger partial charge in [-0.2, -0.15) is 0 Å². The molecule has 2 N–H and O–H groups in total. The Bertz CT molecular complexity index is 740. The Labute approximate surface area is 139 Å². The van der Waals surface area contributed by atoms with Gasteiger partial charge in [-0.05, 0) is 31.2 Å². The first kappa shape index (κ1) is 15.8. The van der Waals surface area contributed by atoms with E-state index in [1.807, 2.05) is 31.2 Å². The Kier molecular flexibility index (Phi) is 4.60. The van der Waals surface area contributed by atoms with Crippen molar-refractivity contribution >= 4 is 23.3 Å². The Morgan fingerprint density at radius 2 is 2.12 bits per heavy atom. The lowest BCUT2D eigenvalue weighted by molar-refractivity contribution is -0.118. The molecule has 3 rings (SSSR count). The number of furan rings is 1. The minimum Gasteiger partial charge on any atom is -0.469 e. The molecule has 0 bridgehead atoms. The molecule has 7 nitrogen and oxygen atoms in total. The summed E-state index contributed by atoms with van der Waals surface area (Å²) < 4.78 is 5.27. The van der Waals surface area contributed by atoms with E-state index in [0.717, 1.165) is 5.76 Å². The third kappa shape index (κ3) is 3.62. The number of carbonyl (C=O) groups excluding carboxylic acids is 2. The van der Waals surface area contributed by atoms with Crippen molar-refractivity contribution in [3.8, 4) is 0 Å². The summed E-state index contributed by atoms with van der Waals surface area (Å²) in [7, 11) is 0. The lowest BCUT2D eigenvalue weighted by Gasteiger charge is -2.28. The molecular formula is C17H18N4O3. The number of hydrazine groups is 1. The number of benzene rings is 1. The number of amidine groups is 1. The van der Waals surface area contributed by atoms with Gasteiger partial charge in [0.05, 0.1) is 12.0 Å². The van der Waals surface area contributed by atoms with Gasteiger partial charge in [0.1, 0.15) is 12.3 Å². The summed E-state index contributed by atoms with van der Waals surface area (Å²) in [6.07, 6.45) is 2.17. The van der Waals surface area contributed by atoms with Crippen LogP contribution in [0.4, 0.5) is 5.69 Å². The Hall–Kier alpha value is -3.09. The molecule has 2 aromatic rings. The fraction of sp³-hybridized carbons (Fsp3) is 0.235. The molecule has 1 aliphatic rings. The second-order valence-corrected chi connectivity index (χ2v) is 5.50. The van der Waals surface area contributed by atoms with Gasteiger partial charge in [0.2, 0.25) is 5.84 Å². The van der Waals surface area contributed by atoms with E-state index in [-0.39, 0.29) is 30.2 Å². The smallest absolute Gasteiger partial charge is 0.288 e. The van der Waals surface area contributed by atoms with Crippen LogP contribution in [-0.4, -0.2) is 30.2 Å². The van der Waals surface area contributed by atoms with Crippen LogP contribution in [0.3, 0.4) is 0 Å². The lowest BCUT2D eigenvalue weighted by Crippen LogP contribution is -2.56. The topological polar surface area (TPSA) is 86.9 Å². The van der Waals surface area contributed by atoms with Crippen LogP contribution in [0.25, 0.3) is 0 Å². The Balaban J connectivity index is 1.63. The third-order valence-electron chi connectivity index (χ3n) is 3.53. The van der Waals surface area contributed by atoms with E-state index in [1.165, 1.54) is 5.01 Å². The molecule has 0 aliphatic carbocycles. The van der Waals surface area contributed by atoms with E-state index in [2.05, 4.69) is 15.7 Å². The molecule has 7 heteroatoms. The maximum atomic E-state index is 12.3. The SMILES string of the molecule is CC(Cc1ccco1)NC(=O)C1=NCC(=O)N(c2ccccc2)N1. The van der Waals surface area contributed by atoms with E-state index in [9.17, 15) is 9.59 Å². The highest BCUT2D eigenvalue weighted by Crippen LogP contribution is 2.13. The molecular weight excluding hydrogens is 308 g/mol. The number of rotatable bonds is 5. The number of nitrogens with zero attached hydrogens (tertiary/aromatic N) is 2. The number of carbonyl (C=O) groups is 2. The highest BCUT2D eigenvalue weighted by atomic mass is 16.3. The summed E-state index contributed by atoms with van der Waals surface area (Å²) in [4.78, 5) is 28.4. The summed E-state index contributed by atoms with van der Waals surface area (Å²) in [6, 6.07) is 12.6. The average molecular weight is 326 g/mol. The van der Waals surface area contributed by atoms with Gasteiger partial charge in [0.25, 0.3) is 11.8 Å². The molecule has 1 aliphatic heterocycles.